The van der Waals surface area contributed by atoms with E-state index in [4.69, 9.17) is 9.68 Å². The van der Waals surface area contributed by atoms with Crippen LogP contribution < -0.4 is 0 Å². The first-order chi connectivity index (χ1) is 10.7. The molecule has 0 N–H and O–H groups in total. The van der Waals surface area contributed by atoms with Crippen molar-refractivity contribution in [2.45, 2.75) is 30.3 Å². The lowest BCUT2D eigenvalue weighted by Crippen LogP contribution is -2.13. The van der Waals surface area contributed by atoms with Gasteiger partial charge in [-0.2, -0.15) is 18.4 Å². The predicted molar refractivity (Wildman–Crippen MR) is 77.7 cm³/mol. The number of aromatic nitrogens is 1. The quantitative estimate of drug-likeness (QED) is 0.776. The molecule has 2 aromatic heterocycles. The van der Waals surface area contributed by atoms with Crippen molar-refractivity contribution in [3.05, 3.63) is 35.6 Å². The Hall–Kier alpha value is -2.27. The van der Waals surface area contributed by atoms with Gasteiger partial charge < -0.3 is 4.42 Å². The Labute approximate surface area is 134 Å². The molecule has 1 atom stereocenters. The zero-order valence-electron chi connectivity index (χ0n) is 12.1. The van der Waals surface area contributed by atoms with Gasteiger partial charge in [-0.3, -0.25) is 4.79 Å². The number of pyridine rings is 1. The molecule has 0 aliphatic heterocycles. The number of thioether (sulfide) groups is 1. The number of Topliss-reactive ketones (excluding diaryl/α,β-unsaturated/α-hetero) is 1. The zero-order valence-corrected chi connectivity index (χ0v) is 13.0. The number of carbonyl (C=O) groups excluding carboxylic acids is 1. The van der Waals surface area contributed by atoms with Gasteiger partial charge in [-0.05, 0) is 32.0 Å². The monoisotopic (exact) mass is 340 g/mol. The van der Waals surface area contributed by atoms with E-state index in [9.17, 15) is 18.0 Å². The van der Waals surface area contributed by atoms with E-state index in [2.05, 4.69) is 4.98 Å². The van der Waals surface area contributed by atoms with E-state index >= 15 is 0 Å². The number of alkyl halides is 3. The number of halogens is 3. The summed E-state index contributed by atoms with van der Waals surface area (Å²) in [5, 5.41) is 8.36. The lowest BCUT2D eigenvalue weighted by molar-refractivity contribution is -0.138. The van der Waals surface area contributed by atoms with Crippen molar-refractivity contribution in [3.8, 4) is 17.5 Å². The van der Waals surface area contributed by atoms with Crippen LogP contribution in [0.1, 0.15) is 25.0 Å². The van der Waals surface area contributed by atoms with Crippen molar-refractivity contribution in [3.63, 3.8) is 0 Å². The molecule has 0 unspecified atom stereocenters. The highest BCUT2D eigenvalue weighted by molar-refractivity contribution is 8.00. The van der Waals surface area contributed by atoms with Crippen LogP contribution in [-0.2, 0) is 11.0 Å². The zero-order chi connectivity index (χ0) is 17.2. The van der Waals surface area contributed by atoms with Crippen LogP contribution >= 0.6 is 11.8 Å². The van der Waals surface area contributed by atoms with Crippen molar-refractivity contribution < 1.29 is 22.4 Å². The van der Waals surface area contributed by atoms with Crippen molar-refractivity contribution in [1.82, 2.24) is 4.98 Å². The summed E-state index contributed by atoms with van der Waals surface area (Å²) in [6.45, 7) is 2.87. The highest BCUT2D eigenvalue weighted by Crippen LogP contribution is 2.38. The summed E-state index contributed by atoms with van der Waals surface area (Å²) < 4.78 is 44.8. The summed E-state index contributed by atoms with van der Waals surface area (Å²) in [6.07, 6.45) is -3.41. The number of ketones is 1. The van der Waals surface area contributed by atoms with Crippen LogP contribution in [0.3, 0.4) is 0 Å². The Morgan fingerprint density at radius 1 is 1.48 bits per heavy atom. The molecule has 0 fully saturated rings. The molecule has 23 heavy (non-hydrogen) atoms. The van der Waals surface area contributed by atoms with Gasteiger partial charge in [0, 0.05) is 0 Å². The van der Waals surface area contributed by atoms with E-state index in [1.807, 2.05) is 0 Å². The van der Waals surface area contributed by atoms with E-state index in [-0.39, 0.29) is 22.3 Å². The van der Waals surface area contributed by atoms with E-state index in [1.54, 1.807) is 13.0 Å². The lowest BCUT2D eigenvalue weighted by atomic mass is 10.1. The van der Waals surface area contributed by atoms with Crippen LogP contribution in [0.25, 0.3) is 11.5 Å². The van der Waals surface area contributed by atoms with Gasteiger partial charge in [-0.25, -0.2) is 4.98 Å². The second-order valence-electron chi connectivity index (χ2n) is 4.69. The van der Waals surface area contributed by atoms with Crippen molar-refractivity contribution in [2.75, 3.05) is 0 Å². The number of hydrogen-bond acceptors (Lipinski definition) is 5. The van der Waals surface area contributed by atoms with E-state index in [0.717, 1.165) is 17.8 Å². The van der Waals surface area contributed by atoms with Crippen molar-refractivity contribution >= 4 is 17.5 Å². The summed E-state index contributed by atoms with van der Waals surface area (Å²) in [4.78, 5) is 15.4. The number of hydrogen-bond donors (Lipinski definition) is 0. The molecule has 0 saturated carbocycles. The SMILES string of the molecule is CC(=O)[C@@H](C)Sc1nc(-c2ccco2)cc(C(F)(F)F)c1C#N. The molecule has 0 amide bonds. The molecule has 2 aromatic rings. The van der Waals surface area contributed by atoms with Gasteiger partial charge in [0.15, 0.2) is 5.76 Å². The molecule has 4 nitrogen and oxygen atoms in total. The number of carbonyl (C=O) groups is 1. The highest BCUT2D eigenvalue weighted by Gasteiger charge is 2.36. The molecule has 0 spiro atoms. The molecular weight excluding hydrogens is 329 g/mol. The van der Waals surface area contributed by atoms with Gasteiger partial charge in [0.1, 0.15) is 22.6 Å². The van der Waals surface area contributed by atoms with Crippen LogP contribution in [0.15, 0.2) is 33.9 Å². The second kappa shape index (κ2) is 6.46. The first-order valence-electron chi connectivity index (χ1n) is 6.47. The number of nitrogens with zero attached hydrogens (tertiary/aromatic N) is 2. The standard InChI is InChI=1S/C15H11F3N2O2S/c1-8(21)9(2)23-14-10(7-19)11(15(16,17)18)6-12(20-14)13-4-3-5-22-13/h3-6,9H,1-2H3/t9-/m1/s1. The maximum absolute atomic E-state index is 13.2. The Kier molecular flexibility index (Phi) is 4.80. The maximum atomic E-state index is 13.2. The fraction of sp³-hybridized carbons (Fsp3) is 0.267. The Morgan fingerprint density at radius 2 is 2.17 bits per heavy atom. The lowest BCUT2D eigenvalue weighted by Gasteiger charge is -2.14. The average molecular weight is 340 g/mol. The molecule has 2 heterocycles. The Morgan fingerprint density at radius 3 is 2.65 bits per heavy atom. The number of furan rings is 1. The summed E-state index contributed by atoms with van der Waals surface area (Å²) in [7, 11) is 0. The maximum Gasteiger partial charge on any atom is 0.417 e. The van der Waals surface area contributed by atoms with Gasteiger partial charge in [-0.15, -0.1) is 0 Å². The molecule has 8 heteroatoms. The van der Waals surface area contributed by atoms with Gasteiger partial charge >= 0.3 is 6.18 Å². The number of nitriles is 1. The third-order valence-electron chi connectivity index (χ3n) is 3.04. The largest absolute Gasteiger partial charge is 0.463 e. The summed E-state index contributed by atoms with van der Waals surface area (Å²) in [6, 6.07) is 5.31. The van der Waals surface area contributed by atoms with Gasteiger partial charge in [0.25, 0.3) is 0 Å². The minimum absolute atomic E-state index is 0.0421. The molecule has 0 radical (unpaired) electrons. The summed E-state index contributed by atoms with van der Waals surface area (Å²) >= 11 is 0.820. The summed E-state index contributed by atoms with van der Waals surface area (Å²) in [5.74, 6) is -0.0741. The number of rotatable bonds is 4. The van der Waals surface area contributed by atoms with E-state index in [0.29, 0.717) is 0 Å². The molecule has 0 aliphatic carbocycles. The summed E-state index contributed by atoms with van der Waals surface area (Å²) in [5.41, 5.74) is -1.73. The first-order valence-corrected chi connectivity index (χ1v) is 7.35. The second-order valence-corrected chi connectivity index (χ2v) is 6.02. The molecule has 0 bridgehead atoms. The fourth-order valence-corrected chi connectivity index (χ4v) is 2.66. The topological polar surface area (TPSA) is 66.9 Å². The minimum atomic E-state index is -4.72. The van der Waals surface area contributed by atoms with Gasteiger partial charge in [-0.1, -0.05) is 11.8 Å². The Bertz CT molecular complexity index is 764. The average Bonchev–Trinajstić information content (AvgIpc) is 2.99. The van der Waals surface area contributed by atoms with Gasteiger partial charge in [0.05, 0.1) is 22.6 Å². The fourth-order valence-electron chi connectivity index (χ4n) is 1.74. The molecule has 120 valence electrons. The molecule has 0 aromatic carbocycles. The first kappa shape index (κ1) is 17.1. The minimum Gasteiger partial charge on any atom is -0.463 e. The normalized spacial score (nSPS) is 12.7. The highest BCUT2D eigenvalue weighted by atomic mass is 32.2. The predicted octanol–water partition coefficient (Wildman–Crippen LogP) is 4.30. The van der Waals surface area contributed by atoms with Crippen LogP contribution in [0, 0.1) is 11.3 Å². The van der Waals surface area contributed by atoms with Crippen LogP contribution in [0.4, 0.5) is 13.2 Å². The smallest absolute Gasteiger partial charge is 0.417 e. The molecule has 2 rings (SSSR count). The van der Waals surface area contributed by atoms with E-state index in [1.165, 1.54) is 25.3 Å². The third kappa shape index (κ3) is 3.74. The van der Waals surface area contributed by atoms with Gasteiger partial charge in [0.2, 0.25) is 0 Å². The molecule has 0 aliphatic rings. The van der Waals surface area contributed by atoms with Crippen LogP contribution in [-0.4, -0.2) is 16.0 Å². The van der Waals surface area contributed by atoms with Crippen molar-refractivity contribution in [1.29, 1.82) is 5.26 Å². The Balaban J connectivity index is 2.65. The molecular formula is C15H11F3N2O2S. The molecule has 0 saturated heterocycles. The third-order valence-corrected chi connectivity index (χ3v) is 4.24. The van der Waals surface area contributed by atoms with Crippen molar-refractivity contribution in [2.24, 2.45) is 0 Å². The van der Waals surface area contributed by atoms with Crippen LogP contribution in [0.5, 0.6) is 0 Å². The van der Waals surface area contributed by atoms with E-state index < -0.39 is 22.6 Å². The van der Waals surface area contributed by atoms with Crippen LogP contribution in [0.2, 0.25) is 0 Å².